The number of hydrogen-bond acceptors (Lipinski definition) is 5. The van der Waals surface area contributed by atoms with Gasteiger partial charge in [0, 0.05) is 19.2 Å². The lowest BCUT2D eigenvalue weighted by Crippen LogP contribution is -2.28. The lowest BCUT2D eigenvalue weighted by atomic mass is 10.2. The Morgan fingerprint density at radius 3 is 3.00 bits per heavy atom. The third kappa shape index (κ3) is 3.69. The molecule has 3 N–H and O–H groups in total. The van der Waals surface area contributed by atoms with Crippen molar-refractivity contribution in [2.45, 2.75) is 6.10 Å². The minimum atomic E-state index is -0.716. The minimum absolute atomic E-state index is 0.143. The van der Waals surface area contributed by atoms with Gasteiger partial charge in [-0.1, -0.05) is 11.6 Å². The van der Waals surface area contributed by atoms with Crippen molar-refractivity contribution in [1.82, 2.24) is 10.3 Å². The summed E-state index contributed by atoms with van der Waals surface area (Å²) in [4.78, 5) is 16.0. The van der Waals surface area contributed by atoms with Crippen molar-refractivity contribution in [3.05, 3.63) is 45.2 Å². The van der Waals surface area contributed by atoms with Crippen molar-refractivity contribution < 1.29 is 9.90 Å². The second kappa shape index (κ2) is 6.69. The van der Waals surface area contributed by atoms with Gasteiger partial charge < -0.3 is 15.7 Å². The number of aliphatic hydroxyl groups is 1. The molecule has 0 radical (unpaired) electrons. The number of halogens is 1. The molecule has 1 amide bonds. The molecule has 2 heterocycles. The van der Waals surface area contributed by atoms with E-state index in [2.05, 4.69) is 15.6 Å². The number of thiophene rings is 1. The second-order valence-electron chi connectivity index (χ2n) is 4.10. The van der Waals surface area contributed by atoms with E-state index in [9.17, 15) is 9.90 Å². The molecule has 20 heavy (non-hydrogen) atoms. The van der Waals surface area contributed by atoms with E-state index in [0.717, 1.165) is 5.56 Å². The number of pyridine rings is 1. The van der Waals surface area contributed by atoms with Crippen molar-refractivity contribution in [3.63, 3.8) is 0 Å². The van der Waals surface area contributed by atoms with Crippen molar-refractivity contribution in [1.29, 1.82) is 0 Å². The Hall–Kier alpha value is -1.63. The van der Waals surface area contributed by atoms with E-state index in [1.165, 1.54) is 17.4 Å². The number of anilines is 1. The summed E-state index contributed by atoms with van der Waals surface area (Å²) >= 11 is 7.34. The molecule has 2 rings (SSSR count). The minimum Gasteiger partial charge on any atom is -0.387 e. The number of aromatic nitrogens is 1. The lowest BCUT2D eigenvalue weighted by molar-refractivity contribution is 0.0916. The van der Waals surface area contributed by atoms with E-state index < -0.39 is 6.10 Å². The number of nitrogens with one attached hydrogen (secondary N) is 2. The molecule has 1 atom stereocenters. The van der Waals surface area contributed by atoms with Crippen LogP contribution in [0.25, 0.3) is 0 Å². The van der Waals surface area contributed by atoms with E-state index in [1.54, 1.807) is 13.1 Å². The zero-order valence-electron chi connectivity index (χ0n) is 10.8. The summed E-state index contributed by atoms with van der Waals surface area (Å²) in [5, 5.41) is 19.4. The van der Waals surface area contributed by atoms with Gasteiger partial charge in [-0.3, -0.25) is 4.79 Å². The first-order valence-electron chi connectivity index (χ1n) is 5.94. The van der Waals surface area contributed by atoms with E-state index >= 15 is 0 Å². The molecule has 2 aromatic rings. The highest BCUT2D eigenvalue weighted by molar-refractivity contribution is 7.07. The quantitative estimate of drug-likeness (QED) is 0.741. The van der Waals surface area contributed by atoms with Crippen LogP contribution in [-0.2, 0) is 0 Å². The van der Waals surface area contributed by atoms with Gasteiger partial charge in [0.15, 0.2) is 0 Å². The maximum Gasteiger partial charge on any atom is 0.251 e. The molecule has 0 spiro atoms. The summed E-state index contributed by atoms with van der Waals surface area (Å²) in [6.07, 6.45) is -0.716. The fraction of sp³-hybridized carbons (Fsp3) is 0.231. The molecule has 2 aromatic heterocycles. The predicted octanol–water partition coefficient (Wildman–Crippen LogP) is 2.30. The first kappa shape index (κ1) is 14.8. The van der Waals surface area contributed by atoms with Crippen LogP contribution in [0.5, 0.6) is 0 Å². The van der Waals surface area contributed by atoms with Crippen LogP contribution in [0.4, 0.5) is 5.82 Å². The zero-order chi connectivity index (χ0) is 14.5. The number of rotatable bonds is 5. The molecule has 0 aliphatic heterocycles. The van der Waals surface area contributed by atoms with Gasteiger partial charge in [-0.25, -0.2) is 4.98 Å². The highest BCUT2D eigenvalue weighted by atomic mass is 35.5. The number of aliphatic hydroxyl groups excluding tert-OH is 1. The first-order chi connectivity index (χ1) is 9.60. The van der Waals surface area contributed by atoms with Crippen molar-refractivity contribution >= 4 is 34.7 Å². The highest BCUT2D eigenvalue weighted by Gasteiger charge is 2.12. The van der Waals surface area contributed by atoms with Crippen LogP contribution in [0.2, 0.25) is 5.15 Å². The SMILES string of the molecule is CNc1cc(C(=O)NCC(O)c2ccsc2)cc(Cl)n1. The Bertz CT molecular complexity index is 589. The Kier molecular flexibility index (Phi) is 4.94. The first-order valence-corrected chi connectivity index (χ1v) is 7.26. The van der Waals surface area contributed by atoms with Crippen LogP contribution in [-0.4, -0.2) is 29.6 Å². The summed E-state index contributed by atoms with van der Waals surface area (Å²) in [7, 11) is 1.70. The monoisotopic (exact) mass is 311 g/mol. The molecule has 0 bridgehead atoms. The summed E-state index contributed by atoms with van der Waals surface area (Å²) in [5.74, 6) is 0.209. The van der Waals surface area contributed by atoms with E-state index in [1.807, 2.05) is 16.8 Å². The standard InChI is InChI=1S/C13H14ClN3O2S/c1-15-12-5-9(4-11(14)17-12)13(19)16-6-10(18)8-2-3-20-7-8/h2-5,7,10,18H,6H2,1H3,(H,15,17)(H,16,19). The third-order valence-corrected chi connectivity index (χ3v) is 3.59. The molecule has 106 valence electrons. The average molecular weight is 312 g/mol. The fourth-order valence-electron chi connectivity index (χ4n) is 1.63. The van der Waals surface area contributed by atoms with Gasteiger partial charge in [0.1, 0.15) is 11.0 Å². The summed E-state index contributed by atoms with van der Waals surface area (Å²) in [6.45, 7) is 0.143. The Morgan fingerprint density at radius 1 is 1.55 bits per heavy atom. The Morgan fingerprint density at radius 2 is 2.35 bits per heavy atom. The van der Waals surface area contributed by atoms with Gasteiger partial charge in [-0.2, -0.15) is 11.3 Å². The number of amides is 1. The van der Waals surface area contributed by atoms with Crippen molar-refractivity contribution in [2.75, 3.05) is 18.9 Å². The maximum absolute atomic E-state index is 12.0. The fourth-order valence-corrected chi connectivity index (χ4v) is 2.55. The van der Waals surface area contributed by atoms with E-state index in [4.69, 9.17) is 11.6 Å². The number of hydrogen-bond donors (Lipinski definition) is 3. The Labute approximate surface area is 125 Å². The predicted molar refractivity (Wildman–Crippen MR) is 80.4 cm³/mol. The maximum atomic E-state index is 12.0. The molecule has 0 aliphatic carbocycles. The molecule has 1 unspecified atom stereocenters. The Balaban J connectivity index is 2.00. The lowest BCUT2D eigenvalue weighted by Gasteiger charge is -2.11. The number of carbonyl (C=O) groups is 1. The average Bonchev–Trinajstić information content (AvgIpc) is 2.97. The molecular weight excluding hydrogens is 298 g/mol. The van der Waals surface area contributed by atoms with Crippen LogP contribution in [0, 0.1) is 0 Å². The molecule has 0 aromatic carbocycles. The highest BCUT2D eigenvalue weighted by Crippen LogP contribution is 2.16. The van der Waals surface area contributed by atoms with Crippen LogP contribution in [0.3, 0.4) is 0 Å². The molecule has 0 aliphatic rings. The van der Waals surface area contributed by atoms with Gasteiger partial charge in [0.05, 0.1) is 6.10 Å². The van der Waals surface area contributed by atoms with Gasteiger partial charge in [0.25, 0.3) is 5.91 Å². The molecule has 0 saturated carbocycles. The van der Waals surface area contributed by atoms with Crippen LogP contribution < -0.4 is 10.6 Å². The van der Waals surface area contributed by atoms with Crippen molar-refractivity contribution in [2.24, 2.45) is 0 Å². The van der Waals surface area contributed by atoms with Crippen molar-refractivity contribution in [3.8, 4) is 0 Å². The second-order valence-corrected chi connectivity index (χ2v) is 5.26. The number of nitrogens with zero attached hydrogens (tertiary/aromatic N) is 1. The summed E-state index contributed by atoms with van der Waals surface area (Å²) < 4.78 is 0. The molecule has 0 saturated heterocycles. The van der Waals surface area contributed by atoms with Gasteiger partial charge in [-0.15, -0.1) is 0 Å². The normalized spacial score (nSPS) is 11.9. The largest absolute Gasteiger partial charge is 0.387 e. The number of carbonyl (C=O) groups excluding carboxylic acids is 1. The molecule has 5 nitrogen and oxygen atoms in total. The molecule has 7 heteroatoms. The van der Waals surface area contributed by atoms with E-state index in [0.29, 0.717) is 11.4 Å². The summed E-state index contributed by atoms with van der Waals surface area (Å²) in [6, 6.07) is 4.90. The van der Waals surface area contributed by atoms with Gasteiger partial charge in [-0.05, 0) is 34.5 Å². The van der Waals surface area contributed by atoms with Crippen LogP contribution in [0.15, 0.2) is 29.0 Å². The molecule has 0 fully saturated rings. The summed E-state index contributed by atoms with van der Waals surface area (Å²) in [5.41, 5.74) is 1.19. The van der Waals surface area contributed by atoms with Gasteiger partial charge in [0.2, 0.25) is 0 Å². The van der Waals surface area contributed by atoms with Crippen LogP contribution >= 0.6 is 22.9 Å². The molecular formula is C13H14ClN3O2S. The third-order valence-electron chi connectivity index (χ3n) is 2.70. The van der Waals surface area contributed by atoms with Crippen LogP contribution in [0.1, 0.15) is 22.0 Å². The smallest absolute Gasteiger partial charge is 0.251 e. The van der Waals surface area contributed by atoms with E-state index in [-0.39, 0.29) is 17.6 Å². The van der Waals surface area contributed by atoms with Gasteiger partial charge >= 0.3 is 0 Å². The zero-order valence-corrected chi connectivity index (χ0v) is 12.3. The topological polar surface area (TPSA) is 74.2 Å².